The molecule has 2 atom stereocenters. The molecule has 0 saturated carbocycles. The molecule has 0 spiro atoms. The lowest BCUT2D eigenvalue weighted by molar-refractivity contribution is -0.166. The van der Waals surface area contributed by atoms with Gasteiger partial charge >= 0.3 is 11.9 Å². The van der Waals surface area contributed by atoms with Crippen molar-refractivity contribution in [3.05, 3.63) is 88.9 Å². The Bertz CT molecular complexity index is 1380. The van der Waals surface area contributed by atoms with E-state index < -0.39 is 30.8 Å². The number of aliphatic carboxylic acids is 1. The maximum atomic E-state index is 13.8. The molecule has 4 rings (SSSR count). The summed E-state index contributed by atoms with van der Waals surface area (Å²) in [6, 6.07) is 20.2. The van der Waals surface area contributed by atoms with Gasteiger partial charge in [-0.1, -0.05) is 29.8 Å². The van der Waals surface area contributed by atoms with E-state index in [4.69, 9.17) is 21.4 Å². The number of anilines is 2. The van der Waals surface area contributed by atoms with Crippen LogP contribution in [-0.4, -0.2) is 48.0 Å². The Labute approximate surface area is 235 Å². The lowest BCUT2D eigenvalue weighted by Crippen LogP contribution is -2.46. The van der Waals surface area contributed by atoms with E-state index in [1.54, 1.807) is 21.9 Å². The summed E-state index contributed by atoms with van der Waals surface area (Å²) < 4.78 is 31.8. The minimum absolute atomic E-state index is 0.0637. The molecule has 2 amide bonds. The second-order valence-electron chi connectivity index (χ2n) is 9.56. The number of para-hydroxylation sites is 1. The molecule has 40 heavy (non-hydrogen) atoms. The SMILES string of the molecule is CCN(C(=O)C1CC(C)N(C(=O)c2ccc(OCCC(F)(F)C(=O)O)cc2)c2ccccc21)c1ccc(Cl)cc1. The fraction of sp³-hybridized carbons (Fsp3) is 0.300. The molecule has 1 aliphatic heterocycles. The number of benzene rings is 3. The molecule has 3 aromatic carbocycles. The average molecular weight is 571 g/mol. The van der Waals surface area contributed by atoms with Crippen LogP contribution in [0.5, 0.6) is 5.75 Å². The standard InChI is InChI=1S/C30H29ClF2N2O5/c1-3-34(22-12-10-21(31)11-13-22)28(37)25-18-19(2)35(26-7-5-4-6-24(25)26)27(36)20-8-14-23(15-9-20)40-17-16-30(32,33)29(38)39/h4-15,19,25H,3,16-18H2,1-2H3,(H,38,39). The van der Waals surface area contributed by atoms with Crippen LogP contribution in [0.4, 0.5) is 20.2 Å². The minimum atomic E-state index is -3.88. The summed E-state index contributed by atoms with van der Waals surface area (Å²) in [5, 5.41) is 9.11. The Kier molecular flexibility index (Phi) is 8.73. The van der Waals surface area contributed by atoms with Gasteiger partial charge in [0.25, 0.3) is 5.91 Å². The quantitative estimate of drug-likeness (QED) is 0.321. The highest BCUT2D eigenvalue weighted by molar-refractivity contribution is 6.30. The largest absolute Gasteiger partial charge is 0.493 e. The lowest BCUT2D eigenvalue weighted by Gasteiger charge is -2.40. The third-order valence-electron chi connectivity index (χ3n) is 6.93. The van der Waals surface area contributed by atoms with Crippen molar-refractivity contribution in [3.8, 4) is 5.75 Å². The highest BCUT2D eigenvalue weighted by Gasteiger charge is 2.39. The smallest absolute Gasteiger partial charge is 0.374 e. The number of hydrogen-bond donors (Lipinski definition) is 1. The Morgan fingerprint density at radius 2 is 1.70 bits per heavy atom. The Morgan fingerprint density at radius 1 is 1.05 bits per heavy atom. The fourth-order valence-corrected chi connectivity index (χ4v) is 4.99. The first-order chi connectivity index (χ1) is 19.0. The molecule has 1 N–H and O–H groups in total. The maximum Gasteiger partial charge on any atom is 0.374 e. The van der Waals surface area contributed by atoms with Crippen LogP contribution in [0.3, 0.4) is 0 Å². The van der Waals surface area contributed by atoms with Crippen molar-refractivity contribution >= 4 is 40.8 Å². The zero-order valence-corrected chi connectivity index (χ0v) is 22.8. The van der Waals surface area contributed by atoms with Crippen LogP contribution in [0.15, 0.2) is 72.8 Å². The number of amides is 2. The van der Waals surface area contributed by atoms with Gasteiger partial charge in [-0.05, 0) is 80.4 Å². The van der Waals surface area contributed by atoms with Crippen LogP contribution in [0.1, 0.15) is 48.5 Å². The maximum absolute atomic E-state index is 13.8. The summed E-state index contributed by atoms with van der Waals surface area (Å²) in [4.78, 5) is 41.4. The number of nitrogens with zero attached hydrogens (tertiary/aromatic N) is 2. The minimum Gasteiger partial charge on any atom is -0.493 e. The zero-order valence-electron chi connectivity index (χ0n) is 22.0. The molecule has 7 nitrogen and oxygen atoms in total. The molecule has 210 valence electrons. The number of rotatable bonds is 9. The zero-order chi connectivity index (χ0) is 29.0. The number of carboxylic acid groups (broad SMARTS) is 1. The summed E-state index contributed by atoms with van der Waals surface area (Å²) in [7, 11) is 0. The first-order valence-corrected chi connectivity index (χ1v) is 13.2. The number of alkyl halides is 2. The van der Waals surface area contributed by atoms with Crippen LogP contribution in [0.25, 0.3) is 0 Å². The van der Waals surface area contributed by atoms with Gasteiger partial charge in [0.05, 0.1) is 18.9 Å². The van der Waals surface area contributed by atoms with E-state index >= 15 is 0 Å². The van der Waals surface area contributed by atoms with E-state index in [9.17, 15) is 23.2 Å². The van der Waals surface area contributed by atoms with Crippen LogP contribution < -0.4 is 14.5 Å². The van der Waals surface area contributed by atoms with Crippen LogP contribution in [-0.2, 0) is 9.59 Å². The predicted molar refractivity (Wildman–Crippen MR) is 149 cm³/mol. The predicted octanol–water partition coefficient (Wildman–Crippen LogP) is 6.40. The van der Waals surface area contributed by atoms with Gasteiger partial charge in [0.2, 0.25) is 5.91 Å². The molecular formula is C30H29ClF2N2O5. The number of likely N-dealkylation sites (N-methyl/N-ethyl adjacent to an activating group) is 1. The molecule has 10 heteroatoms. The van der Waals surface area contributed by atoms with Gasteiger partial charge in [-0.15, -0.1) is 0 Å². The Balaban J connectivity index is 1.53. The van der Waals surface area contributed by atoms with Crippen LogP contribution in [0.2, 0.25) is 5.02 Å². The number of halogens is 3. The second kappa shape index (κ2) is 12.0. The van der Waals surface area contributed by atoms with Crippen molar-refractivity contribution in [3.63, 3.8) is 0 Å². The number of hydrogen-bond acceptors (Lipinski definition) is 4. The van der Waals surface area contributed by atoms with Gasteiger partial charge < -0.3 is 19.6 Å². The summed E-state index contributed by atoms with van der Waals surface area (Å²) in [6.45, 7) is 3.78. The molecule has 0 bridgehead atoms. The van der Waals surface area contributed by atoms with E-state index in [0.29, 0.717) is 29.2 Å². The lowest BCUT2D eigenvalue weighted by atomic mass is 9.84. The van der Waals surface area contributed by atoms with Crippen molar-refractivity contribution in [1.29, 1.82) is 0 Å². The Hall–Kier alpha value is -3.98. The Morgan fingerprint density at radius 3 is 2.33 bits per heavy atom. The third kappa shape index (κ3) is 6.09. The highest BCUT2D eigenvalue weighted by Crippen LogP contribution is 2.41. The van der Waals surface area contributed by atoms with E-state index in [1.165, 1.54) is 24.3 Å². The average Bonchev–Trinajstić information content (AvgIpc) is 2.94. The van der Waals surface area contributed by atoms with E-state index in [0.717, 1.165) is 11.3 Å². The van der Waals surface area contributed by atoms with Gasteiger partial charge in [-0.25, -0.2) is 4.79 Å². The molecular weight excluding hydrogens is 542 g/mol. The summed E-state index contributed by atoms with van der Waals surface area (Å²) in [5.41, 5.74) is 2.50. The highest BCUT2D eigenvalue weighted by atomic mass is 35.5. The van der Waals surface area contributed by atoms with E-state index in [2.05, 4.69) is 0 Å². The van der Waals surface area contributed by atoms with Crippen molar-refractivity contribution in [2.24, 2.45) is 0 Å². The van der Waals surface area contributed by atoms with Crippen molar-refractivity contribution in [2.45, 2.75) is 44.6 Å². The fourth-order valence-electron chi connectivity index (χ4n) is 4.87. The molecule has 1 heterocycles. The molecule has 2 unspecified atom stereocenters. The molecule has 3 aromatic rings. The van der Waals surface area contributed by atoms with E-state index in [1.807, 2.05) is 50.2 Å². The topological polar surface area (TPSA) is 87.2 Å². The van der Waals surface area contributed by atoms with Crippen LogP contribution in [0, 0.1) is 0 Å². The van der Waals surface area contributed by atoms with E-state index in [-0.39, 0.29) is 23.6 Å². The molecule has 0 aromatic heterocycles. The number of ether oxygens (including phenoxy) is 1. The summed E-state index contributed by atoms with van der Waals surface area (Å²) in [5.74, 6) is -6.64. The van der Waals surface area contributed by atoms with Gasteiger partial charge in [-0.2, -0.15) is 8.78 Å². The summed E-state index contributed by atoms with van der Waals surface area (Å²) in [6.07, 6.45) is -0.552. The number of carboxylic acids is 1. The van der Waals surface area contributed by atoms with Gasteiger partial charge in [0, 0.05) is 34.5 Å². The molecule has 0 aliphatic carbocycles. The second-order valence-corrected chi connectivity index (χ2v) is 10.00. The molecule has 0 saturated heterocycles. The number of carbonyl (C=O) groups excluding carboxylic acids is 2. The number of fused-ring (bicyclic) bond motifs is 1. The summed E-state index contributed by atoms with van der Waals surface area (Å²) >= 11 is 6.03. The first-order valence-electron chi connectivity index (χ1n) is 12.9. The van der Waals surface area contributed by atoms with Crippen LogP contribution >= 0.6 is 11.6 Å². The van der Waals surface area contributed by atoms with Gasteiger partial charge in [0.1, 0.15) is 5.75 Å². The van der Waals surface area contributed by atoms with Gasteiger partial charge in [0.15, 0.2) is 0 Å². The molecule has 0 radical (unpaired) electrons. The van der Waals surface area contributed by atoms with Crippen molar-refractivity contribution in [1.82, 2.24) is 0 Å². The normalized spacial score (nSPS) is 16.7. The molecule has 1 aliphatic rings. The van der Waals surface area contributed by atoms with Crippen molar-refractivity contribution in [2.75, 3.05) is 23.0 Å². The molecule has 0 fully saturated rings. The third-order valence-corrected chi connectivity index (χ3v) is 7.18. The number of carbonyl (C=O) groups is 3. The van der Waals surface area contributed by atoms with Crippen molar-refractivity contribution < 1.29 is 33.0 Å². The first kappa shape index (κ1) is 29.0. The van der Waals surface area contributed by atoms with Gasteiger partial charge in [-0.3, -0.25) is 9.59 Å². The monoisotopic (exact) mass is 570 g/mol.